The lowest BCUT2D eigenvalue weighted by Crippen LogP contribution is -2.51. The molecule has 1 N–H and O–H groups in total. The second kappa shape index (κ2) is 7.44. The van der Waals surface area contributed by atoms with E-state index in [2.05, 4.69) is 10.2 Å². The number of hydrogen-bond donors (Lipinski definition) is 1. The molecule has 1 aromatic rings. The number of halogens is 3. The minimum Gasteiger partial charge on any atom is -0.484 e. The molecular formula is C18H23F3N2O3. The molecule has 1 aromatic carbocycles. The number of amides is 1. The van der Waals surface area contributed by atoms with Gasteiger partial charge in [0.05, 0.1) is 0 Å². The van der Waals surface area contributed by atoms with E-state index >= 15 is 0 Å². The number of carbonyl (C=O) groups is 1. The Bertz CT molecular complexity index is 643. The number of likely N-dealkylation sites (tertiary alicyclic amines) is 1. The Kier molecular flexibility index (Phi) is 5.43. The van der Waals surface area contributed by atoms with Gasteiger partial charge in [-0.2, -0.15) is 13.2 Å². The van der Waals surface area contributed by atoms with Crippen molar-refractivity contribution in [3.63, 3.8) is 0 Å². The summed E-state index contributed by atoms with van der Waals surface area (Å²) in [5.74, 6) is 0.168. The van der Waals surface area contributed by atoms with E-state index in [0.717, 1.165) is 18.7 Å². The monoisotopic (exact) mass is 372 g/mol. The number of nitrogens with one attached hydrogen (secondary N) is 1. The Balaban J connectivity index is 1.53. The van der Waals surface area contributed by atoms with Crippen molar-refractivity contribution in [2.75, 3.05) is 19.7 Å². The molecule has 1 spiro atoms. The van der Waals surface area contributed by atoms with E-state index in [1.165, 1.54) is 6.07 Å². The van der Waals surface area contributed by atoms with E-state index in [9.17, 15) is 18.0 Å². The highest BCUT2D eigenvalue weighted by molar-refractivity contribution is 5.83. The molecule has 0 aliphatic carbocycles. The van der Waals surface area contributed by atoms with Crippen LogP contribution in [0, 0.1) is 0 Å². The van der Waals surface area contributed by atoms with Crippen LogP contribution in [0.1, 0.15) is 31.7 Å². The highest BCUT2D eigenvalue weighted by Gasteiger charge is 2.46. The van der Waals surface area contributed by atoms with Gasteiger partial charge >= 0.3 is 6.18 Å². The maximum atomic E-state index is 12.3. The first-order chi connectivity index (χ1) is 12.3. The zero-order valence-electron chi connectivity index (χ0n) is 14.6. The molecule has 2 saturated heterocycles. The van der Waals surface area contributed by atoms with Gasteiger partial charge in [-0.05, 0) is 24.1 Å². The van der Waals surface area contributed by atoms with Gasteiger partial charge in [-0.15, -0.1) is 0 Å². The van der Waals surface area contributed by atoms with Crippen molar-refractivity contribution in [2.45, 2.75) is 50.7 Å². The second-order valence-corrected chi connectivity index (χ2v) is 6.83. The van der Waals surface area contributed by atoms with Gasteiger partial charge < -0.3 is 14.8 Å². The average molecular weight is 372 g/mol. The van der Waals surface area contributed by atoms with Crippen molar-refractivity contribution in [1.82, 2.24) is 10.2 Å². The number of nitrogens with zero attached hydrogens (tertiary/aromatic N) is 1. The fourth-order valence-electron chi connectivity index (χ4n) is 3.40. The molecule has 2 heterocycles. The Morgan fingerprint density at radius 1 is 1.35 bits per heavy atom. The Labute approximate surface area is 150 Å². The van der Waals surface area contributed by atoms with Crippen LogP contribution in [0.2, 0.25) is 0 Å². The third-order valence-corrected chi connectivity index (χ3v) is 4.75. The number of alkyl halides is 3. The zero-order chi connectivity index (χ0) is 18.8. The summed E-state index contributed by atoms with van der Waals surface area (Å²) >= 11 is 0. The van der Waals surface area contributed by atoms with Crippen molar-refractivity contribution in [2.24, 2.45) is 0 Å². The SMILES string of the molecule is CCC1OC2(CCN(Cc3cccc(OCC(F)(F)F)c3)CC2)NC1=O. The standard InChI is InChI=1S/C18H23F3N2O3/c1-2-15-16(24)22-17(26-15)6-8-23(9-7-17)11-13-4-3-5-14(10-13)25-12-18(19,20)21/h3-5,10,15H,2,6-9,11-12H2,1H3,(H,22,24). The van der Waals surface area contributed by atoms with Crippen LogP contribution in [0.3, 0.4) is 0 Å². The van der Waals surface area contributed by atoms with Crippen molar-refractivity contribution in [1.29, 1.82) is 0 Å². The second-order valence-electron chi connectivity index (χ2n) is 6.83. The van der Waals surface area contributed by atoms with Crippen molar-refractivity contribution < 1.29 is 27.4 Å². The van der Waals surface area contributed by atoms with Gasteiger partial charge in [-0.25, -0.2) is 0 Å². The largest absolute Gasteiger partial charge is 0.484 e. The molecule has 2 aliphatic rings. The zero-order valence-corrected chi connectivity index (χ0v) is 14.6. The number of hydrogen-bond acceptors (Lipinski definition) is 4. The minimum atomic E-state index is -4.35. The molecule has 2 fully saturated rings. The van der Waals surface area contributed by atoms with E-state index < -0.39 is 18.5 Å². The molecule has 2 aliphatic heterocycles. The maximum absolute atomic E-state index is 12.3. The molecular weight excluding hydrogens is 349 g/mol. The normalized spacial score (nSPS) is 23.2. The molecule has 8 heteroatoms. The van der Waals surface area contributed by atoms with Gasteiger partial charge in [0.25, 0.3) is 5.91 Å². The van der Waals surface area contributed by atoms with Crippen LogP contribution >= 0.6 is 0 Å². The predicted molar refractivity (Wildman–Crippen MR) is 88.5 cm³/mol. The number of carbonyl (C=O) groups excluding carboxylic acids is 1. The van der Waals surface area contributed by atoms with Crippen LogP contribution in [-0.2, 0) is 16.1 Å². The van der Waals surface area contributed by atoms with Crippen LogP contribution in [0.15, 0.2) is 24.3 Å². The molecule has 0 saturated carbocycles. The van der Waals surface area contributed by atoms with Crippen molar-refractivity contribution >= 4 is 5.91 Å². The van der Waals surface area contributed by atoms with E-state index in [0.29, 0.717) is 25.8 Å². The molecule has 1 atom stereocenters. The molecule has 0 aromatic heterocycles. The third-order valence-electron chi connectivity index (χ3n) is 4.75. The molecule has 1 amide bonds. The van der Waals surface area contributed by atoms with E-state index in [-0.39, 0.29) is 17.8 Å². The molecule has 144 valence electrons. The number of benzene rings is 1. The summed E-state index contributed by atoms with van der Waals surface area (Å²) in [5, 5.41) is 2.98. The highest BCUT2D eigenvalue weighted by Crippen LogP contribution is 2.31. The van der Waals surface area contributed by atoms with Crippen molar-refractivity contribution in [3.05, 3.63) is 29.8 Å². The van der Waals surface area contributed by atoms with Crippen LogP contribution in [-0.4, -0.2) is 48.5 Å². The Morgan fingerprint density at radius 2 is 2.08 bits per heavy atom. The van der Waals surface area contributed by atoms with Gasteiger partial charge in [0, 0.05) is 32.5 Å². The number of piperidine rings is 1. The quantitative estimate of drug-likeness (QED) is 0.864. The minimum absolute atomic E-state index is 0.0459. The lowest BCUT2D eigenvalue weighted by molar-refractivity contribution is -0.153. The first-order valence-corrected chi connectivity index (χ1v) is 8.79. The fourth-order valence-corrected chi connectivity index (χ4v) is 3.40. The number of rotatable bonds is 5. The van der Waals surface area contributed by atoms with Gasteiger partial charge in [-0.3, -0.25) is 9.69 Å². The molecule has 1 unspecified atom stereocenters. The first kappa shape index (κ1) is 19.0. The summed E-state index contributed by atoms with van der Waals surface area (Å²) in [6.45, 7) is 2.73. The van der Waals surface area contributed by atoms with Crippen LogP contribution in [0.4, 0.5) is 13.2 Å². The molecule has 26 heavy (non-hydrogen) atoms. The summed E-state index contributed by atoms with van der Waals surface area (Å²) in [5.41, 5.74) is 0.329. The van der Waals surface area contributed by atoms with Gasteiger partial charge in [0.15, 0.2) is 6.61 Å². The number of ether oxygens (including phenoxy) is 2. The van der Waals surface area contributed by atoms with Gasteiger partial charge in [0.1, 0.15) is 17.6 Å². The van der Waals surface area contributed by atoms with Crippen LogP contribution in [0.5, 0.6) is 5.75 Å². The summed E-state index contributed by atoms with van der Waals surface area (Å²) in [7, 11) is 0. The summed E-state index contributed by atoms with van der Waals surface area (Å²) < 4.78 is 47.5. The average Bonchev–Trinajstić information content (AvgIpc) is 2.91. The van der Waals surface area contributed by atoms with Crippen LogP contribution in [0.25, 0.3) is 0 Å². The van der Waals surface area contributed by atoms with Gasteiger partial charge in [0.2, 0.25) is 0 Å². The highest BCUT2D eigenvalue weighted by atomic mass is 19.4. The Hall–Kier alpha value is -1.80. The molecule has 5 nitrogen and oxygen atoms in total. The first-order valence-electron chi connectivity index (χ1n) is 8.79. The fraction of sp³-hybridized carbons (Fsp3) is 0.611. The summed E-state index contributed by atoms with van der Waals surface area (Å²) in [4.78, 5) is 14.1. The van der Waals surface area contributed by atoms with E-state index in [4.69, 9.17) is 9.47 Å². The lowest BCUT2D eigenvalue weighted by atomic mass is 10.00. The Morgan fingerprint density at radius 3 is 2.69 bits per heavy atom. The molecule has 3 rings (SSSR count). The van der Waals surface area contributed by atoms with Crippen LogP contribution < -0.4 is 10.1 Å². The van der Waals surface area contributed by atoms with E-state index in [1.54, 1.807) is 12.1 Å². The van der Waals surface area contributed by atoms with Crippen molar-refractivity contribution in [3.8, 4) is 5.75 Å². The van der Waals surface area contributed by atoms with E-state index in [1.807, 2.05) is 13.0 Å². The summed E-state index contributed by atoms with van der Waals surface area (Å²) in [6.07, 6.45) is -2.68. The lowest BCUT2D eigenvalue weighted by Gasteiger charge is -2.38. The smallest absolute Gasteiger partial charge is 0.422 e. The maximum Gasteiger partial charge on any atom is 0.422 e. The molecule has 0 bridgehead atoms. The van der Waals surface area contributed by atoms with Gasteiger partial charge in [-0.1, -0.05) is 19.1 Å². The third kappa shape index (κ3) is 4.67. The topological polar surface area (TPSA) is 50.8 Å². The molecule has 0 radical (unpaired) electrons. The predicted octanol–water partition coefficient (Wildman–Crippen LogP) is 2.84. The summed E-state index contributed by atoms with van der Waals surface area (Å²) in [6, 6.07) is 6.72.